The zero-order valence-corrected chi connectivity index (χ0v) is 7.35. The molecule has 2 nitrogen and oxygen atoms in total. The summed E-state index contributed by atoms with van der Waals surface area (Å²) < 4.78 is 11.5. The molecule has 0 aromatic heterocycles. The van der Waals surface area contributed by atoms with Crippen LogP contribution in [0.4, 0.5) is 0 Å². The molecular formula is C9H16O2. The molecule has 0 amide bonds. The molecule has 0 aromatic carbocycles. The van der Waals surface area contributed by atoms with Crippen molar-refractivity contribution >= 4 is 0 Å². The number of hydrogen-bond donors (Lipinski definition) is 0. The highest BCUT2D eigenvalue weighted by Crippen LogP contribution is 2.43. The van der Waals surface area contributed by atoms with E-state index in [1.807, 2.05) is 0 Å². The summed E-state index contributed by atoms with van der Waals surface area (Å²) in [4.78, 5) is 0. The zero-order chi connectivity index (χ0) is 7.95. The van der Waals surface area contributed by atoms with E-state index in [1.54, 1.807) is 0 Å². The van der Waals surface area contributed by atoms with Crippen molar-refractivity contribution in [2.75, 3.05) is 6.61 Å². The summed E-state index contributed by atoms with van der Waals surface area (Å²) in [7, 11) is 0. The molecule has 0 radical (unpaired) electrons. The van der Waals surface area contributed by atoms with E-state index in [0.717, 1.165) is 32.3 Å². The average molecular weight is 156 g/mol. The topological polar surface area (TPSA) is 18.5 Å². The van der Waals surface area contributed by atoms with Gasteiger partial charge in [0.05, 0.1) is 12.2 Å². The average Bonchev–Trinajstić information content (AvgIpc) is 2.43. The molecule has 2 heterocycles. The molecule has 0 aromatic rings. The standard InChI is InChI=1S/C9H16O2/c1-8(2)5-6-9(11-8)4-3-7-10-9/h3-7H2,1-2H3. The fraction of sp³-hybridized carbons (Fsp3) is 1.00. The Hall–Kier alpha value is -0.0800. The van der Waals surface area contributed by atoms with Crippen molar-refractivity contribution in [3.05, 3.63) is 0 Å². The van der Waals surface area contributed by atoms with Crippen LogP contribution in [0, 0.1) is 0 Å². The second-order valence-electron chi connectivity index (χ2n) is 4.22. The summed E-state index contributed by atoms with van der Waals surface area (Å²) in [5.74, 6) is -0.177. The lowest BCUT2D eigenvalue weighted by atomic mass is 10.0. The van der Waals surface area contributed by atoms with E-state index in [4.69, 9.17) is 9.47 Å². The Labute approximate surface area is 67.9 Å². The third kappa shape index (κ3) is 1.30. The van der Waals surface area contributed by atoms with Crippen LogP contribution < -0.4 is 0 Å². The fourth-order valence-electron chi connectivity index (χ4n) is 2.05. The maximum Gasteiger partial charge on any atom is 0.169 e. The largest absolute Gasteiger partial charge is 0.350 e. The van der Waals surface area contributed by atoms with Gasteiger partial charge in [-0.05, 0) is 26.7 Å². The van der Waals surface area contributed by atoms with Gasteiger partial charge in [0, 0.05) is 12.8 Å². The highest BCUT2D eigenvalue weighted by Gasteiger charge is 2.46. The molecule has 1 atom stereocenters. The van der Waals surface area contributed by atoms with Crippen LogP contribution in [0.25, 0.3) is 0 Å². The summed E-state index contributed by atoms with van der Waals surface area (Å²) in [6.45, 7) is 5.17. The molecule has 1 unspecified atom stereocenters. The third-order valence-corrected chi connectivity index (χ3v) is 2.64. The number of ether oxygens (including phenoxy) is 2. The van der Waals surface area contributed by atoms with E-state index < -0.39 is 0 Å². The van der Waals surface area contributed by atoms with Crippen LogP contribution in [0.1, 0.15) is 39.5 Å². The minimum absolute atomic E-state index is 0.0460. The molecule has 0 bridgehead atoms. The zero-order valence-electron chi connectivity index (χ0n) is 7.35. The molecule has 2 heteroatoms. The minimum atomic E-state index is -0.177. The van der Waals surface area contributed by atoms with E-state index in [-0.39, 0.29) is 11.4 Å². The van der Waals surface area contributed by atoms with E-state index in [1.165, 1.54) is 0 Å². The lowest BCUT2D eigenvalue weighted by Gasteiger charge is -2.26. The van der Waals surface area contributed by atoms with Gasteiger partial charge in [-0.3, -0.25) is 0 Å². The van der Waals surface area contributed by atoms with Crippen molar-refractivity contribution in [2.24, 2.45) is 0 Å². The maximum atomic E-state index is 5.88. The van der Waals surface area contributed by atoms with Crippen molar-refractivity contribution in [1.29, 1.82) is 0 Å². The first-order valence-electron chi connectivity index (χ1n) is 4.46. The van der Waals surface area contributed by atoms with Crippen molar-refractivity contribution < 1.29 is 9.47 Å². The molecule has 2 aliphatic heterocycles. The summed E-state index contributed by atoms with van der Waals surface area (Å²) in [5.41, 5.74) is 0.0460. The summed E-state index contributed by atoms with van der Waals surface area (Å²) in [6.07, 6.45) is 4.47. The Morgan fingerprint density at radius 1 is 1.09 bits per heavy atom. The first-order chi connectivity index (χ1) is 5.12. The highest BCUT2D eigenvalue weighted by atomic mass is 16.7. The maximum absolute atomic E-state index is 5.88. The molecule has 2 fully saturated rings. The summed E-state index contributed by atoms with van der Waals surface area (Å²) in [5, 5.41) is 0. The van der Waals surface area contributed by atoms with Gasteiger partial charge >= 0.3 is 0 Å². The van der Waals surface area contributed by atoms with Crippen molar-refractivity contribution in [3.63, 3.8) is 0 Å². The van der Waals surface area contributed by atoms with Crippen LogP contribution in [0.15, 0.2) is 0 Å². The number of hydrogen-bond acceptors (Lipinski definition) is 2. The molecule has 0 N–H and O–H groups in total. The Bertz CT molecular complexity index is 157. The molecular weight excluding hydrogens is 140 g/mol. The van der Waals surface area contributed by atoms with Gasteiger partial charge in [0.1, 0.15) is 0 Å². The molecule has 2 rings (SSSR count). The van der Waals surface area contributed by atoms with Crippen LogP contribution in [0.2, 0.25) is 0 Å². The Morgan fingerprint density at radius 3 is 2.36 bits per heavy atom. The van der Waals surface area contributed by atoms with E-state index >= 15 is 0 Å². The Balaban J connectivity index is 2.07. The molecule has 64 valence electrons. The van der Waals surface area contributed by atoms with E-state index in [9.17, 15) is 0 Å². The monoisotopic (exact) mass is 156 g/mol. The molecule has 2 aliphatic rings. The van der Waals surface area contributed by atoms with Crippen LogP contribution in [-0.2, 0) is 9.47 Å². The molecule has 11 heavy (non-hydrogen) atoms. The van der Waals surface area contributed by atoms with Gasteiger partial charge in [0.2, 0.25) is 0 Å². The van der Waals surface area contributed by atoms with E-state index in [0.29, 0.717) is 0 Å². The normalized spacial score (nSPS) is 42.0. The van der Waals surface area contributed by atoms with Gasteiger partial charge in [0.15, 0.2) is 5.79 Å². The first-order valence-corrected chi connectivity index (χ1v) is 4.46. The predicted molar refractivity (Wildman–Crippen MR) is 42.3 cm³/mol. The lowest BCUT2D eigenvalue weighted by Crippen LogP contribution is -2.30. The summed E-state index contributed by atoms with van der Waals surface area (Å²) >= 11 is 0. The lowest BCUT2D eigenvalue weighted by molar-refractivity contribution is -0.219. The predicted octanol–water partition coefficient (Wildman–Crippen LogP) is 2.08. The fourth-order valence-corrected chi connectivity index (χ4v) is 2.05. The van der Waals surface area contributed by atoms with Gasteiger partial charge < -0.3 is 9.47 Å². The minimum Gasteiger partial charge on any atom is -0.350 e. The molecule has 2 saturated heterocycles. The van der Waals surface area contributed by atoms with Gasteiger partial charge in [-0.1, -0.05) is 0 Å². The van der Waals surface area contributed by atoms with Crippen LogP contribution in [0.5, 0.6) is 0 Å². The molecule has 0 aliphatic carbocycles. The van der Waals surface area contributed by atoms with Crippen LogP contribution in [-0.4, -0.2) is 18.0 Å². The van der Waals surface area contributed by atoms with Crippen molar-refractivity contribution in [1.82, 2.24) is 0 Å². The second-order valence-corrected chi connectivity index (χ2v) is 4.22. The summed E-state index contributed by atoms with van der Waals surface area (Å²) in [6, 6.07) is 0. The first kappa shape index (κ1) is 7.56. The number of rotatable bonds is 0. The van der Waals surface area contributed by atoms with Gasteiger partial charge in [0.25, 0.3) is 0 Å². The SMILES string of the molecule is CC1(C)CCC2(CCCO2)O1. The van der Waals surface area contributed by atoms with Gasteiger partial charge in [-0.15, -0.1) is 0 Å². The Kier molecular flexibility index (Phi) is 1.52. The molecule has 0 saturated carbocycles. The van der Waals surface area contributed by atoms with Crippen molar-refractivity contribution in [3.8, 4) is 0 Å². The van der Waals surface area contributed by atoms with Crippen molar-refractivity contribution in [2.45, 2.75) is 50.9 Å². The quantitative estimate of drug-likeness (QED) is 0.534. The third-order valence-electron chi connectivity index (χ3n) is 2.64. The highest BCUT2D eigenvalue weighted by molar-refractivity contribution is 4.89. The van der Waals surface area contributed by atoms with Gasteiger partial charge in [-0.2, -0.15) is 0 Å². The Morgan fingerprint density at radius 2 is 1.91 bits per heavy atom. The van der Waals surface area contributed by atoms with E-state index in [2.05, 4.69) is 13.8 Å². The molecule has 1 spiro atoms. The van der Waals surface area contributed by atoms with Crippen LogP contribution in [0.3, 0.4) is 0 Å². The van der Waals surface area contributed by atoms with Crippen LogP contribution >= 0.6 is 0 Å². The second kappa shape index (κ2) is 2.20. The smallest absolute Gasteiger partial charge is 0.169 e. The van der Waals surface area contributed by atoms with Gasteiger partial charge in [-0.25, -0.2) is 0 Å².